The predicted octanol–water partition coefficient (Wildman–Crippen LogP) is 4.53. The van der Waals surface area contributed by atoms with Crippen LogP contribution in [0.25, 0.3) is 11.3 Å². The van der Waals surface area contributed by atoms with Gasteiger partial charge in [0.25, 0.3) is 11.6 Å². The van der Waals surface area contributed by atoms with E-state index in [4.69, 9.17) is 9.15 Å². The summed E-state index contributed by atoms with van der Waals surface area (Å²) >= 11 is 3.33. The molecule has 1 atom stereocenters. The molecule has 8 nitrogen and oxygen atoms in total. The lowest BCUT2D eigenvalue weighted by Crippen LogP contribution is -2.33. The molecule has 0 aliphatic carbocycles. The number of furan rings is 1. The fraction of sp³-hybridized carbons (Fsp3) is 0.100. The van der Waals surface area contributed by atoms with Gasteiger partial charge in [-0.05, 0) is 55.5 Å². The third kappa shape index (κ3) is 5.52. The highest BCUT2D eigenvalue weighted by Gasteiger charge is 2.14. The molecule has 0 aliphatic rings. The Labute approximate surface area is 174 Å². The van der Waals surface area contributed by atoms with Crippen molar-refractivity contribution in [2.75, 3.05) is 0 Å². The first-order chi connectivity index (χ1) is 13.9. The fourth-order valence-electron chi connectivity index (χ4n) is 2.35. The van der Waals surface area contributed by atoms with Crippen LogP contribution in [0.15, 0.2) is 74.7 Å². The first-order valence-corrected chi connectivity index (χ1v) is 9.31. The quantitative estimate of drug-likeness (QED) is 0.318. The Morgan fingerprint density at radius 2 is 1.86 bits per heavy atom. The molecular formula is C20H16BrN3O5. The van der Waals surface area contributed by atoms with Gasteiger partial charge in [-0.15, -0.1) is 0 Å². The van der Waals surface area contributed by atoms with E-state index in [1.54, 1.807) is 43.3 Å². The van der Waals surface area contributed by atoms with Gasteiger partial charge < -0.3 is 9.15 Å². The number of benzene rings is 2. The number of hydrogen-bond donors (Lipinski definition) is 1. The van der Waals surface area contributed by atoms with E-state index in [9.17, 15) is 14.9 Å². The van der Waals surface area contributed by atoms with Gasteiger partial charge in [0.1, 0.15) is 17.3 Å². The highest BCUT2D eigenvalue weighted by molar-refractivity contribution is 9.10. The minimum absolute atomic E-state index is 0.00396. The molecule has 0 spiro atoms. The summed E-state index contributed by atoms with van der Waals surface area (Å²) in [7, 11) is 0. The Kier molecular flexibility index (Phi) is 6.40. The Balaban J connectivity index is 1.55. The van der Waals surface area contributed by atoms with Crippen molar-refractivity contribution in [2.45, 2.75) is 13.0 Å². The van der Waals surface area contributed by atoms with Gasteiger partial charge in [0.15, 0.2) is 6.10 Å². The zero-order valence-corrected chi connectivity index (χ0v) is 16.8. The number of nitro groups is 1. The summed E-state index contributed by atoms with van der Waals surface area (Å²) in [6.45, 7) is 1.62. The second kappa shape index (κ2) is 9.16. The first kappa shape index (κ1) is 20.3. The molecule has 0 aliphatic heterocycles. The van der Waals surface area contributed by atoms with E-state index in [0.717, 1.165) is 4.47 Å². The molecule has 0 bridgehead atoms. The van der Waals surface area contributed by atoms with Gasteiger partial charge in [-0.1, -0.05) is 15.9 Å². The highest BCUT2D eigenvalue weighted by Crippen LogP contribution is 2.24. The largest absolute Gasteiger partial charge is 0.481 e. The zero-order valence-electron chi connectivity index (χ0n) is 15.2. The van der Waals surface area contributed by atoms with Gasteiger partial charge >= 0.3 is 0 Å². The molecule has 3 rings (SSSR count). The molecule has 9 heteroatoms. The van der Waals surface area contributed by atoms with E-state index < -0.39 is 16.9 Å². The molecule has 1 aromatic heterocycles. The standard InChI is InChI=1S/C20H16BrN3O5/c1-13(28-17-8-4-15(21)5-9-17)20(25)23-22-12-18-10-11-19(29-18)14-2-6-16(7-3-14)24(26)27/h2-13H,1H3,(H,23,25)/b22-12+. The number of halogens is 1. The minimum atomic E-state index is -0.736. The first-order valence-electron chi connectivity index (χ1n) is 8.52. The number of carbonyl (C=O) groups is 1. The van der Waals surface area contributed by atoms with Gasteiger partial charge in [0, 0.05) is 22.2 Å². The molecule has 1 unspecified atom stereocenters. The van der Waals surface area contributed by atoms with Crippen molar-refractivity contribution in [2.24, 2.45) is 5.10 Å². The van der Waals surface area contributed by atoms with Crippen LogP contribution in [0.2, 0.25) is 0 Å². The number of ether oxygens (including phenoxy) is 1. The number of nitrogens with zero attached hydrogens (tertiary/aromatic N) is 2. The average Bonchev–Trinajstić information content (AvgIpc) is 3.18. The molecular weight excluding hydrogens is 442 g/mol. The molecule has 0 radical (unpaired) electrons. The highest BCUT2D eigenvalue weighted by atomic mass is 79.9. The summed E-state index contributed by atoms with van der Waals surface area (Å²) in [6.07, 6.45) is 0.625. The van der Waals surface area contributed by atoms with Crippen LogP contribution in [0.4, 0.5) is 5.69 Å². The van der Waals surface area contributed by atoms with Gasteiger partial charge in [0.05, 0.1) is 11.1 Å². The smallest absolute Gasteiger partial charge is 0.280 e. The van der Waals surface area contributed by atoms with Crippen molar-refractivity contribution in [3.63, 3.8) is 0 Å². The third-order valence-corrected chi connectivity index (χ3v) is 4.38. The Hall–Kier alpha value is -3.46. The fourth-order valence-corrected chi connectivity index (χ4v) is 2.61. The van der Waals surface area contributed by atoms with Crippen LogP contribution in [-0.4, -0.2) is 23.1 Å². The molecule has 0 saturated carbocycles. The summed E-state index contributed by atoms with van der Waals surface area (Å²) in [6, 6.07) is 16.5. The van der Waals surface area contributed by atoms with Crippen molar-refractivity contribution in [1.82, 2.24) is 5.43 Å². The summed E-state index contributed by atoms with van der Waals surface area (Å²) in [4.78, 5) is 22.3. The van der Waals surface area contributed by atoms with Gasteiger partial charge in [0.2, 0.25) is 0 Å². The molecule has 1 amide bonds. The van der Waals surface area contributed by atoms with Crippen LogP contribution in [0, 0.1) is 10.1 Å². The van der Waals surface area contributed by atoms with Crippen molar-refractivity contribution in [3.8, 4) is 17.1 Å². The second-order valence-electron chi connectivity index (χ2n) is 5.95. The molecule has 1 N–H and O–H groups in total. The Morgan fingerprint density at radius 1 is 1.17 bits per heavy atom. The summed E-state index contributed by atoms with van der Waals surface area (Å²) in [5.41, 5.74) is 3.09. The van der Waals surface area contributed by atoms with Gasteiger partial charge in [-0.2, -0.15) is 5.10 Å². The van der Waals surface area contributed by atoms with Crippen LogP contribution >= 0.6 is 15.9 Å². The van der Waals surface area contributed by atoms with E-state index in [0.29, 0.717) is 22.8 Å². The maximum atomic E-state index is 12.1. The molecule has 3 aromatic rings. The van der Waals surface area contributed by atoms with Crippen molar-refractivity contribution in [3.05, 3.63) is 81.0 Å². The molecule has 0 fully saturated rings. The number of hydrogen-bond acceptors (Lipinski definition) is 6. The predicted molar refractivity (Wildman–Crippen MR) is 111 cm³/mol. The number of carbonyl (C=O) groups excluding carboxylic acids is 1. The van der Waals surface area contributed by atoms with Crippen molar-refractivity contribution < 1.29 is 18.9 Å². The molecule has 29 heavy (non-hydrogen) atoms. The molecule has 1 heterocycles. The topological polar surface area (TPSA) is 107 Å². The van der Waals surface area contributed by atoms with Crippen LogP contribution in [0.1, 0.15) is 12.7 Å². The van der Waals surface area contributed by atoms with Crippen LogP contribution in [0.5, 0.6) is 5.75 Å². The van der Waals surface area contributed by atoms with E-state index >= 15 is 0 Å². The van der Waals surface area contributed by atoms with E-state index in [1.807, 2.05) is 12.1 Å². The number of amides is 1. The van der Waals surface area contributed by atoms with E-state index in [2.05, 4.69) is 26.5 Å². The summed E-state index contributed by atoms with van der Waals surface area (Å²) in [5, 5.41) is 14.6. The number of hydrazone groups is 1. The van der Waals surface area contributed by atoms with E-state index in [1.165, 1.54) is 18.3 Å². The zero-order chi connectivity index (χ0) is 20.8. The van der Waals surface area contributed by atoms with Crippen molar-refractivity contribution in [1.29, 1.82) is 0 Å². The number of non-ortho nitro benzene ring substituents is 1. The molecule has 0 saturated heterocycles. The number of rotatable bonds is 7. The lowest BCUT2D eigenvalue weighted by Gasteiger charge is -2.12. The second-order valence-corrected chi connectivity index (χ2v) is 6.87. The maximum Gasteiger partial charge on any atom is 0.280 e. The minimum Gasteiger partial charge on any atom is -0.481 e. The molecule has 148 valence electrons. The normalized spacial score (nSPS) is 11.9. The summed E-state index contributed by atoms with van der Waals surface area (Å²) < 4.78 is 12.1. The van der Waals surface area contributed by atoms with E-state index in [-0.39, 0.29) is 5.69 Å². The number of nitro benzene ring substituents is 1. The van der Waals surface area contributed by atoms with Crippen LogP contribution < -0.4 is 10.2 Å². The van der Waals surface area contributed by atoms with Crippen LogP contribution in [0.3, 0.4) is 0 Å². The average molecular weight is 458 g/mol. The number of nitrogens with one attached hydrogen (secondary N) is 1. The SMILES string of the molecule is CC(Oc1ccc(Br)cc1)C(=O)N/N=C/c1ccc(-c2ccc([N+](=O)[O-])cc2)o1. The monoisotopic (exact) mass is 457 g/mol. The molecule has 2 aromatic carbocycles. The lowest BCUT2D eigenvalue weighted by atomic mass is 10.1. The maximum absolute atomic E-state index is 12.1. The van der Waals surface area contributed by atoms with Crippen LogP contribution in [-0.2, 0) is 4.79 Å². The van der Waals surface area contributed by atoms with Gasteiger partial charge in [-0.25, -0.2) is 5.43 Å². The van der Waals surface area contributed by atoms with Crippen molar-refractivity contribution >= 4 is 33.7 Å². The third-order valence-electron chi connectivity index (χ3n) is 3.85. The Morgan fingerprint density at radius 3 is 2.52 bits per heavy atom. The Bertz CT molecular complexity index is 1030. The van der Waals surface area contributed by atoms with Gasteiger partial charge in [-0.3, -0.25) is 14.9 Å². The summed E-state index contributed by atoms with van der Waals surface area (Å²) in [5.74, 6) is 1.10. The lowest BCUT2D eigenvalue weighted by molar-refractivity contribution is -0.384.